The van der Waals surface area contributed by atoms with Crippen molar-refractivity contribution in [3.8, 4) is 22.6 Å². The van der Waals surface area contributed by atoms with Gasteiger partial charge in [0.15, 0.2) is 0 Å². The molecule has 1 aliphatic carbocycles. The Hall–Kier alpha value is -3.58. The van der Waals surface area contributed by atoms with E-state index >= 15 is 0 Å². The summed E-state index contributed by atoms with van der Waals surface area (Å²) in [5, 5.41) is 10.1. The second-order valence-electron chi connectivity index (χ2n) is 8.53. The number of nitrogens with zero attached hydrogens (tertiary/aromatic N) is 1. The molecule has 34 heavy (non-hydrogen) atoms. The van der Waals surface area contributed by atoms with Crippen LogP contribution in [0.3, 0.4) is 0 Å². The Kier molecular flexibility index (Phi) is 6.11. The van der Waals surface area contributed by atoms with Crippen LogP contribution in [-0.2, 0) is 6.61 Å². The van der Waals surface area contributed by atoms with E-state index in [4.69, 9.17) is 9.47 Å². The molecule has 1 aromatic heterocycles. The summed E-state index contributed by atoms with van der Waals surface area (Å²) < 4.78 is 14.4. The molecule has 0 aliphatic heterocycles. The second-order valence-corrected chi connectivity index (χ2v) is 9.54. The molecule has 1 heterocycles. The monoisotopic (exact) mass is 475 g/mol. The summed E-state index contributed by atoms with van der Waals surface area (Å²) in [6.45, 7) is 0.346. The van der Waals surface area contributed by atoms with Crippen molar-refractivity contribution in [2.75, 3.05) is 7.11 Å². The predicted octanol–water partition coefficient (Wildman–Crippen LogP) is 6.13. The number of carbonyl (C=O) groups is 1. The molecular formula is C27H25NO5S. The number of hydrogen-bond donors (Lipinski definition) is 1. The van der Waals surface area contributed by atoms with Crippen molar-refractivity contribution in [3.63, 3.8) is 0 Å². The lowest BCUT2D eigenvalue weighted by molar-refractivity contribution is 0.0697. The number of methoxy groups -OCH3 is 1. The Labute approximate surface area is 201 Å². The lowest BCUT2D eigenvalue weighted by atomic mass is 10.00. The van der Waals surface area contributed by atoms with Crippen LogP contribution in [0.2, 0.25) is 0 Å². The van der Waals surface area contributed by atoms with Crippen LogP contribution in [-0.4, -0.2) is 22.1 Å². The summed E-state index contributed by atoms with van der Waals surface area (Å²) in [5.41, 5.74) is 2.81. The number of rotatable bonds is 7. The lowest BCUT2D eigenvalue weighted by Crippen LogP contribution is -2.16. The van der Waals surface area contributed by atoms with Gasteiger partial charge in [0, 0.05) is 11.6 Å². The normalized spacial score (nSPS) is 13.9. The van der Waals surface area contributed by atoms with Crippen LogP contribution in [0.4, 0.5) is 0 Å². The summed E-state index contributed by atoms with van der Waals surface area (Å²) in [6, 6.07) is 18.5. The van der Waals surface area contributed by atoms with Crippen LogP contribution in [0.1, 0.15) is 47.6 Å². The van der Waals surface area contributed by atoms with Gasteiger partial charge in [0.2, 0.25) is 0 Å². The van der Waals surface area contributed by atoms with Gasteiger partial charge in [0.1, 0.15) is 18.1 Å². The fourth-order valence-electron chi connectivity index (χ4n) is 4.55. The molecule has 0 amide bonds. The molecule has 3 aromatic carbocycles. The molecule has 0 saturated heterocycles. The fourth-order valence-corrected chi connectivity index (χ4v) is 5.73. The smallest absolute Gasteiger partial charge is 0.335 e. The van der Waals surface area contributed by atoms with Gasteiger partial charge in [-0.3, -0.25) is 8.75 Å². The van der Waals surface area contributed by atoms with E-state index in [0.717, 1.165) is 34.1 Å². The van der Waals surface area contributed by atoms with Crippen molar-refractivity contribution in [1.29, 1.82) is 0 Å². The van der Waals surface area contributed by atoms with Gasteiger partial charge in [0.25, 0.3) is 5.56 Å². The molecule has 0 radical (unpaired) electrons. The number of aromatic nitrogens is 1. The van der Waals surface area contributed by atoms with Crippen LogP contribution >= 0.6 is 11.5 Å². The molecule has 1 fully saturated rings. The van der Waals surface area contributed by atoms with Crippen molar-refractivity contribution >= 4 is 27.6 Å². The van der Waals surface area contributed by atoms with E-state index in [-0.39, 0.29) is 11.1 Å². The first-order chi connectivity index (χ1) is 16.5. The predicted molar refractivity (Wildman–Crippen MR) is 133 cm³/mol. The zero-order valence-corrected chi connectivity index (χ0v) is 19.6. The third-order valence-corrected chi connectivity index (χ3v) is 7.52. The number of aromatic carboxylic acids is 1. The first kappa shape index (κ1) is 22.2. The number of hydrogen-bond acceptors (Lipinski definition) is 5. The molecule has 1 aliphatic rings. The summed E-state index contributed by atoms with van der Waals surface area (Å²) >= 11 is 1.53. The molecule has 0 unspecified atom stereocenters. The van der Waals surface area contributed by atoms with Crippen LogP contribution in [0.15, 0.2) is 65.5 Å². The average Bonchev–Trinajstić information content (AvgIpc) is 3.50. The van der Waals surface area contributed by atoms with E-state index < -0.39 is 5.97 Å². The largest absolute Gasteiger partial charge is 0.496 e. The van der Waals surface area contributed by atoms with Gasteiger partial charge >= 0.3 is 5.97 Å². The highest BCUT2D eigenvalue weighted by Crippen LogP contribution is 2.34. The lowest BCUT2D eigenvalue weighted by Gasteiger charge is -2.12. The van der Waals surface area contributed by atoms with E-state index in [1.165, 1.54) is 30.4 Å². The molecule has 1 N–H and O–H groups in total. The number of carboxylic acids is 1. The molecule has 0 spiro atoms. The maximum absolute atomic E-state index is 12.8. The number of fused-ring (bicyclic) bond motifs is 1. The first-order valence-electron chi connectivity index (χ1n) is 11.3. The van der Waals surface area contributed by atoms with E-state index in [9.17, 15) is 14.7 Å². The summed E-state index contributed by atoms with van der Waals surface area (Å²) in [7, 11) is 1.57. The van der Waals surface area contributed by atoms with Crippen LogP contribution in [0.25, 0.3) is 21.2 Å². The van der Waals surface area contributed by atoms with Gasteiger partial charge < -0.3 is 14.6 Å². The van der Waals surface area contributed by atoms with Gasteiger partial charge in [-0.05, 0) is 66.4 Å². The maximum Gasteiger partial charge on any atom is 0.335 e. The van der Waals surface area contributed by atoms with Gasteiger partial charge in [-0.25, -0.2) is 4.79 Å². The van der Waals surface area contributed by atoms with Crippen LogP contribution in [0.5, 0.6) is 11.5 Å². The average molecular weight is 476 g/mol. The van der Waals surface area contributed by atoms with Gasteiger partial charge in [-0.1, -0.05) is 42.6 Å². The first-order valence-corrected chi connectivity index (χ1v) is 12.1. The fraction of sp³-hybridized carbons (Fsp3) is 0.259. The number of benzene rings is 3. The highest BCUT2D eigenvalue weighted by atomic mass is 32.1. The van der Waals surface area contributed by atoms with E-state index in [1.807, 2.05) is 46.4 Å². The molecule has 174 valence electrons. The molecule has 0 atom stereocenters. The molecule has 7 heteroatoms. The minimum atomic E-state index is -0.983. The minimum Gasteiger partial charge on any atom is -0.496 e. The Morgan fingerprint density at radius 1 is 1.09 bits per heavy atom. The Balaban J connectivity index is 1.37. The minimum absolute atomic E-state index is 0.101. The zero-order valence-electron chi connectivity index (χ0n) is 18.8. The van der Waals surface area contributed by atoms with Crippen molar-refractivity contribution in [3.05, 3.63) is 82.1 Å². The quantitative estimate of drug-likeness (QED) is 0.348. The topological polar surface area (TPSA) is 77.8 Å². The molecule has 5 rings (SSSR count). The molecule has 4 aromatic rings. The highest BCUT2D eigenvalue weighted by Gasteiger charge is 2.21. The van der Waals surface area contributed by atoms with E-state index in [0.29, 0.717) is 29.7 Å². The van der Waals surface area contributed by atoms with Crippen molar-refractivity contribution in [2.45, 2.75) is 38.3 Å². The van der Waals surface area contributed by atoms with Gasteiger partial charge in [-0.2, -0.15) is 0 Å². The number of carboxylic acid groups (broad SMARTS) is 1. The highest BCUT2D eigenvalue weighted by molar-refractivity contribution is 7.13. The second kappa shape index (κ2) is 9.35. The van der Waals surface area contributed by atoms with Gasteiger partial charge in [0.05, 0.1) is 22.8 Å². The van der Waals surface area contributed by atoms with Gasteiger partial charge in [-0.15, -0.1) is 0 Å². The van der Waals surface area contributed by atoms with E-state index in [2.05, 4.69) is 0 Å². The third kappa shape index (κ3) is 4.31. The third-order valence-electron chi connectivity index (χ3n) is 6.33. The van der Waals surface area contributed by atoms with E-state index in [1.54, 1.807) is 19.2 Å². The Bertz CT molecular complexity index is 1410. The summed E-state index contributed by atoms with van der Waals surface area (Å²) in [6.07, 6.45) is 4.52. The summed E-state index contributed by atoms with van der Waals surface area (Å²) in [4.78, 5) is 24.2. The van der Waals surface area contributed by atoms with Crippen LogP contribution in [0, 0.1) is 0 Å². The zero-order chi connectivity index (χ0) is 23.7. The molecular weight excluding hydrogens is 450 g/mol. The molecule has 0 bridgehead atoms. The SMILES string of the molecule is COc1ccc(C(=O)O)cc1-c1cccc(COc2ccc3c(=O)n(C4CCCC4)sc3c2)c1. The molecule has 1 saturated carbocycles. The maximum atomic E-state index is 12.8. The van der Waals surface area contributed by atoms with Crippen molar-refractivity contribution < 1.29 is 19.4 Å². The number of ether oxygens (including phenoxy) is 2. The Morgan fingerprint density at radius 3 is 2.68 bits per heavy atom. The summed E-state index contributed by atoms with van der Waals surface area (Å²) in [5.74, 6) is 0.334. The standard InChI is InChI=1S/C27H25NO5S/c1-32-24-12-9-19(27(30)31)14-23(24)18-6-4-5-17(13-18)16-33-21-10-11-22-25(15-21)34-28(26(22)29)20-7-2-3-8-20/h4-6,9-15,20H,2-3,7-8,16H2,1H3,(H,30,31). The molecule has 6 nitrogen and oxygen atoms in total. The van der Waals surface area contributed by atoms with Crippen molar-refractivity contribution in [2.24, 2.45) is 0 Å². The van der Waals surface area contributed by atoms with Crippen LogP contribution < -0.4 is 15.0 Å². The van der Waals surface area contributed by atoms with Crippen molar-refractivity contribution in [1.82, 2.24) is 3.96 Å². The Morgan fingerprint density at radius 2 is 1.91 bits per heavy atom.